The molecule has 4 N–H and O–H groups in total. The van der Waals surface area contributed by atoms with Gasteiger partial charge < -0.3 is 11.1 Å². The summed E-state index contributed by atoms with van der Waals surface area (Å²) in [6.45, 7) is 2.61. The predicted octanol–water partition coefficient (Wildman–Crippen LogP) is -0.0667. The summed E-state index contributed by atoms with van der Waals surface area (Å²) in [5.41, 5.74) is 7.01. The number of aromatic nitrogens is 1. The van der Waals surface area contributed by atoms with E-state index in [9.17, 15) is 8.42 Å². The summed E-state index contributed by atoms with van der Waals surface area (Å²) in [6, 6.07) is 3.51. The van der Waals surface area contributed by atoms with Gasteiger partial charge in [-0.3, -0.25) is 0 Å². The van der Waals surface area contributed by atoms with Crippen LogP contribution in [0.15, 0.2) is 12.1 Å². The van der Waals surface area contributed by atoms with E-state index in [4.69, 9.17) is 5.73 Å². The second-order valence-electron chi connectivity index (χ2n) is 3.46. The molecule has 0 saturated carbocycles. The molecule has 0 unspecified atom stereocenters. The monoisotopic (exact) mass is 244 g/mol. The van der Waals surface area contributed by atoms with Crippen LogP contribution in [0.4, 0.5) is 11.5 Å². The minimum Gasteiger partial charge on any atom is -0.397 e. The molecule has 0 radical (unpaired) electrons. The van der Waals surface area contributed by atoms with E-state index in [1.54, 1.807) is 12.1 Å². The number of nitrogen functional groups attached to an aromatic ring is 1. The highest BCUT2D eigenvalue weighted by Gasteiger charge is 2.00. The Hall–Kier alpha value is -1.34. The minimum atomic E-state index is -3.12. The van der Waals surface area contributed by atoms with Crippen molar-refractivity contribution in [2.24, 2.45) is 0 Å². The van der Waals surface area contributed by atoms with Gasteiger partial charge in [-0.1, -0.05) is 0 Å². The standard InChI is InChI=1S/C9H16N4O2S/c1-7-8(10)3-4-9(13-7)11-5-6-12-16(2,14)15/h3-4,12H,5-6,10H2,1-2H3,(H,11,13). The van der Waals surface area contributed by atoms with Gasteiger partial charge in [-0.2, -0.15) is 0 Å². The molecule has 90 valence electrons. The first-order valence-corrected chi connectivity index (χ1v) is 6.69. The maximum Gasteiger partial charge on any atom is 0.208 e. The number of pyridine rings is 1. The Bertz CT molecular complexity index is 459. The van der Waals surface area contributed by atoms with Crippen LogP contribution in [0, 0.1) is 6.92 Å². The lowest BCUT2D eigenvalue weighted by molar-refractivity contribution is 0.589. The third-order valence-electron chi connectivity index (χ3n) is 1.92. The van der Waals surface area contributed by atoms with Crippen LogP contribution in [0.5, 0.6) is 0 Å². The second kappa shape index (κ2) is 5.13. The van der Waals surface area contributed by atoms with Crippen molar-refractivity contribution in [3.05, 3.63) is 17.8 Å². The molecular weight excluding hydrogens is 228 g/mol. The molecule has 1 aromatic heterocycles. The molecule has 0 aliphatic carbocycles. The molecule has 0 amide bonds. The van der Waals surface area contributed by atoms with Gasteiger partial charge in [0.25, 0.3) is 0 Å². The van der Waals surface area contributed by atoms with Gasteiger partial charge in [-0.05, 0) is 19.1 Å². The summed E-state index contributed by atoms with van der Waals surface area (Å²) in [5.74, 6) is 0.682. The van der Waals surface area contributed by atoms with E-state index in [0.717, 1.165) is 11.9 Å². The zero-order valence-corrected chi connectivity index (χ0v) is 10.1. The van der Waals surface area contributed by atoms with Crippen molar-refractivity contribution in [2.45, 2.75) is 6.92 Å². The van der Waals surface area contributed by atoms with Gasteiger partial charge in [0.1, 0.15) is 5.82 Å². The molecule has 0 bridgehead atoms. The first-order chi connectivity index (χ1) is 7.38. The van der Waals surface area contributed by atoms with E-state index >= 15 is 0 Å². The number of hydrogen-bond acceptors (Lipinski definition) is 5. The smallest absolute Gasteiger partial charge is 0.208 e. The highest BCUT2D eigenvalue weighted by atomic mass is 32.2. The molecule has 1 heterocycles. The molecule has 16 heavy (non-hydrogen) atoms. The maximum atomic E-state index is 10.8. The van der Waals surface area contributed by atoms with E-state index in [0.29, 0.717) is 24.6 Å². The van der Waals surface area contributed by atoms with Crippen molar-refractivity contribution >= 4 is 21.5 Å². The first kappa shape index (κ1) is 12.7. The zero-order chi connectivity index (χ0) is 12.2. The van der Waals surface area contributed by atoms with Crippen LogP contribution in [0.3, 0.4) is 0 Å². The fourth-order valence-corrected chi connectivity index (χ4v) is 1.57. The van der Waals surface area contributed by atoms with Crippen LogP contribution in [0.25, 0.3) is 0 Å². The molecule has 0 fully saturated rings. The van der Waals surface area contributed by atoms with Crippen LogP contribution in [0.2, 0.25) is 0 Å². The summed E-state index contributed by atoms with van der Waals surface area (Å²) in [5, 5.41) is 2.99. The van der Waals surface area contributed by atoms with E-state index < -0.39 is 10.0 Å². The predicted molar refractivity (Wildman–Crippen MR) is 64.7 cm³/mol. The Morgan fingerprint density at radius 2 is 2.06 bits per heavy atom. The molecule has 0 saturated heterocycles. The molecule has 0 spiro atoms. The van der Waals surface area contributed by atoms with Crippen molar-refractivity contribution < 1.29 is 8.42 Å². The number of sulfonamides is 1. The fraction of sp³-hybridized carbons (Fsp3) is 0.444. The SMILES string of the molecule is Cc1nc(NCCNS(C)(=O)=O)ccc1N. The molecule has 1 rings (SSSR count). The van der Waals surface area contributed by atoms with Gasteiger partial charge in [0.2, 0.25) is 10.0 Å². The third kappa shape index (κ3) is 4.45. The number of nitrogens with two attached hydrogens (primary N) is 1. The highest BCUT2D eigenvalue weighted by molar-refractivity contribution is 7.88. The molecule has 7 heteroatoms. The Labute approximate surface area is 95.3 Å². The number of anilines is 2. The molecule has 0 atom stereocenters. The highest BCUT2D eigenvalue weighted by Crippen LogP contribution is 2.10. The van der Waals surface area contributed by atoms with Gasteiger partial charge in [0.05, 0.1) is 17.6 Å². The van der Waals surface area contributed by atoms with E-state index in [1.807, 2.05) is 6.92 Å². The Morgan fingerprint density at radius 1 is 1.38 bits per heavy atom. The topological polar surface area (TPSA) is 97.1 Å². The summed E-state index contributed by atoms with van der Waals surface area (Å²) < 4.78 is 23.9. The van der Waals surface area contributed by atoms with Crippen LogP contribution < -0.4 is 15.8 Å². The molecule has 0 aliphatic heterocycles. The maximum absolute atomic E-state index is 10.8. The van der Waals surface area contributed by atoms with Crippen molar-refractivity contribution in [1.29, 1.82) is 0 Å². The van der Waals surface area contributed by atoms with Gasteiger partial charge in [-0.15, -0.1) is 0 Å². The van der Waals surface area contributed by atoms with Gasteiger partial charge in [0, 0.05) is 13.1 Å². The Balaban J connectivity index is 2.41. The van der Waals surface area contributed by atoms with Crippen LogP contribution >= 0.6 is 0 Å². The van der Waals surface area contributed by atoms with Crippen molar-refractivity contribution in [1.82, 2.24) is 9.71 Å². The molecule has 1 aromatic rings. The van der Waals surface area contributed by atoms with E-state index in [-0.39, 0.29) is 0 Å². The molecule has 6 nitrogen and oxygen atoms in total. The summed E-state index contributed by atoms with van der Waals surface area (Å²) in [6.07, 6.45) is 1.12. The first-order valence-electron chi connectivity index (χ1n) is 4.80. The third-order valence-corrected chi connectivity index (χ3v) is 2.65. The van der Waals surface area contributed by atoms with E-state index in [2.05, 4.69) is 15.0 Å². The molecule has 0 aliphatic rings. The number of aryl methyl sites for hydroxylation is 1. The normalized spacial score (nSPS) is 11.4. The van der Waals surface area contributed by atoms with Crippen LogP contribution in [-0.4, -0.2) is 32.7 Å². The lowest BCUT2D eigenvalue weighted by atomic mass is 10.3. The van der Waals surface area contributed by atoms with Crippen molar-refractivity contribution in [2.75, 3.05) is 30.4 Å². The summed E-state index contributed by atoms with van der Waals surface area (Å²) >= 11 is 0. The average Bonchev–Trinajstić information content (AvgIpc) is 2.17. The van der Waals surface area contributed by atoms with Crippen LogP contribution in [0.1, 0.15) is 5.69 Å². The number of rotatable bonds is 5. The second-order valence-corrected chi connectivity index (χ2v) is 5.30. The Morgan fingerprint density at radius 3 is 2.62 bits per heavy atom. The fourth-order valence-electron chi connectivity index (χ4n) is 1.10. The van der Waals surface area contributed by atoms with Gasteiger partial charge in [0.15, 0.2) is 0 Å². The van der Waals surface area contributed by atoms with Crippen LogP contribution in [-0.2, 0) is 10.0 Å². The summed E-state index contributed by atoms with van der Waals surface area (Å²) in [7, 11) is -3.12. The van der Waals surface area contributed by atoms with Gasteiger partial charge >= 0.3 is 0 Å². The molecular formula is C9H16N4O2S. The summed E-state index contributed by atoms with van der Waals surface area (Å²) in [4.78, 5) is 4.19. The van der Waals surface area contributed by atoms with Crippen molar-refractivity contribution in [3.63, 3.8) is 0 Å². The van der Waals surface area contributed by atoms with Gasteiger partial charge in [-0.25, -0.2) is 18.1 Å². The largest absolute Gasteiger partial charge is 0.397 e. The number of nitrogens with zero attached hydrogens (tertiary/aromatic N) is 1. The quantitative estimate of drug-likeness (QED) is 0.630. The van der Waals surface area contributed by atoms with Crippen molar-refractivity contribution in [3.8, 4) is 0 Å². The minimum absolute atomic E-state index is 0.323. The lowest BCUT2D eigenvalue weighted by Gasteiger charge is -2.07. The Kier molecular flexibility index (Phi) is 4.08. The lowest BCUT2D eigenvalue weighted by Crippen LogP contribution is -2.27. The number of hydrogen-bond donors (Lipinski definition) is 3. The van der Waals surface area contributed by atoms with E-state index in [1.165, 1.54) is 0 Å². The zero-order valence-electron chi connectivity index (χ0n) is 9.32. The number of nitrogens with one attached hydrogen (secondary N) is 2. The average molecular weight is 244 g/mol. The molecule has 0 aromatic carbocycles.